The molecular weight excluding hydrogens is 226 g/mol. The first-order valence-electron chi connectivity index (χ1n) is 5.47. The summed E-state index contributed by atoms with van der Waals surface area (Å²) in [6.45, 7) is 5.59. The molecule has 0 aliphatic rings. The highest BCUT2D eigenvalue weighted by atomic mass is 16.4. The van der Waals surface area contributed by atoms with Crippen molar-refractivity contribution in [3.63, 3.8) is 0 Å². The van der Waals surface area contributed by atoms with Crippen molar-refractivity contribution in [1.29, 1.82) is 0 Å². The van der Waals surface area contributed by atoms with Crippen LogP contribution in [0.25, 0.3) is 0 Å². The van der Waals surface area contributed by atoms with Crippen molar-refractivity contribution in [1.82, 2.24) is 15.5 Å². The lowest BCUT2D eigenvalue weighted by molar-refractivity contribution is -0.138. The molecule has 0 spiro atoms. The van der Waals surface area contributed by atoms with E-state index in [4.69, 9.17) is 5.11 Å². The van der Waals surface area contributed by atoms with Crippen LogP contribution in [0, 0.1) is 0 Å². The second kappa shape index (κ2) is 7.48. The van der Waals surface area contributed by atoms with E-state index in [1.54, 1.807) is 13.8 Å². The lowest BCUT2D eigenvalue weighted by atomic mass is 10.3. The van der Waals surface area contributed by atoms with Crippen molar-refractivity contribution in [3.8, 4) is 0 Å². The topological polar surface area (TPSA) is 98.7 Å². The summed E-state index contributed by atoms with van der Waals surface area (Å²) in [7, 11) is 0. The highest BCUT2D eigenvalue weighted by Gasteiger charge is 2.19. The molecule has 0 aliphatic carbocycles. The minimum Gasteiger partial charge on any atom is -0.480 e. The Kier molecular flexibility index (Phi) is 6.69. The maximum atomic E-state index is 11.6. The lowest BCUT2D eigenvalue weighted by Crippen LogP contribution is -2.49. The van der Waals surface area contributed by atoms with Crippen LogP contribution in [0.3, 0.4) is 0 Å². The number of rotatable bonds is 6. The van der Waals surface area contributed by atoms with Gasteiger partial charge < -0.3 is 20.6 Å². The van der Waals surface area contributed by atoms with Crippen LogP contribution in [0.5, 0.6) is 0 Å². The summed E-state index contributed by atoms with van der Waals surface area (Å²) in [5, 5.41) is 13.5. The van der Waals surface area contributed by atoms with Crippen LogP contribution in [-0.4, -0.2) is 53.6 Å². The quantitative estimate of drug-likeness (QED) is 0.594. The van der Waals surface area contributed by atoms with E-state index >= 15 is 0 Å². The van der Waals surface area contributed by atoms with Gasteiger partial charge in [0, 0.05) is 13.1 Å². The number of carboxylic acids is 1. The zero-order chi connectivity index (χ0) is 13.4. The third kappa shape index (κ3) is 5.74. The van der Waals surface area contributed by atoms with Crippen LogP contribution >= 0.6 is 0 Å². The number of hydrogen-bond acceptors (Lipinski definition) is 3. The van der Waals surface area contributed by atoms with Crippen LogP contribution in [0.4, 0.5) is 4.79 Å². The van der Waals surface area contributed by atoms with Crippen molar-refractivity contribution in [2.75, 3.05) is 19.6 Å². The molecule has 7 heteroatoms. The second-order valence-electron chi connectivity index (χ2n) is 3.48. The largest absolute Gasteiger partial charge is 0.480 e. The van der Waals surface area contributed by atoms with Crippen molar-refractivity contribution in [2.45, 2.75) is 26.8 Å². The van der Waals surface area contributed by atoms with E-state index in [0.717, 1.165) is 0 Å². The van der Waals surface area contributed by atoms with E-state index in [0.29, 0.717) is 13.1 Å². The second-order valence-corrected chi connectivity index (χ2v) is 3.48. The zero-order valence-corrected chi connectivity index (χ0v) is 10.3. The molecule has 0 bridgehead atoms. The van der Waals surface area contributed by atoms with Crippen LogP contribution in [0.2, 0.25) is 0 Å². The van der Waals surface area contributed by atoms with Crippen LogP contribution in [0.15, 0.2) is 0 Å². The Hall–Kier alpha value is -1.79. The van der Waals surface area contributed by atoms with Crippen LogP contribution in [-0.2, 0) is 9.59 Å². The Morgan fingerprint density at radius 2 is 1.88 bits per heavy atom. The van der Waals surface area contributed by atoms with Crippen LogP contribution < -0.4 is 10.6 Å². The maximum absolute atomic E-state index is 11.6. The summed E-state index contributed by atoms with van der Waals surface area (Å²) in [5.74, 6) is -1.39. The van der Waals surface area contributed by atoms with E-state index in [2.05, 4.69) is 10.6 Å². The van der Waals surface area contributed by atoms with Gasteiger partial charge in [0.1, 0.15) is 12.6 Å². The first kappa shape index (κ1) is 15.2. The number of carbonyl (C=O) groups is 3. The molecule has 0 unspecified atom stereocenters. The Balaban J connectivity index is 4.30. The normalized spacial score (nSPS) is 11.5. The lowest BCUT2D eigenvalue weighted by Gasteiger charge is -2.22. The highest BCUT2D eigenvalue weighted by Crippen LogP contribution is 1.92. The number of nitrogens with one attached hydrogen (secondary N) is 2. The molecule has 0 rings (SSSR count). The third-order valence-electron chi connectivity index (χ3n) is 2.09. The molecular formula is C10H19N3O4. The molecule has 0 fully saturated rings. The van der Waals surface area contributed by atoms with Gasteiger partial charge in [0.25, 0.3) is 0 Å². The van der Waals surface area contributed by atoms with Gasteiger partial charge in [-0.1, -0.05) is 0 Å². The minimum atomic E-state index is -1.12. The molecule has 1 atom stereocenters. The van der Waals surface area contributed by atoms with Crippen molar-refractivity contribution in [2.24, 2.45) is 0 Å². The fraction of sp³-hybridized carbons (Fsp3) is 0.700. The fourth-order valence-electron chi connectivity index (χ4n) is 1.09. The SMILES string of the molecule is CCNC(=O)CN(CC)C(=O)N[C@@H](C)C(=O)O. The summed E-state index contributed by atoms with van der Waals surface area (Å²) in [4.78, 5) is 34.7. The van der Waals surface area contributed by atoms with Gasteiger partial charge in [-0.15, -0.1) is 0 Å². The smallest absolute Gasteiger partial charge is 0.325 e. The molecule has 17 heavy (non-hydrogen) atoms. The predicted octanol–water partition coefficient (Wildman–Crippen LogP) is -0.373. The Morgan fingerprint density at radius 1 is 1.29 bits per heavy atom. The summed E-state index contributed by atoms with van der Waals surface area (Å²) in [6.07, 6.45) is 0. The van der Waals surface area contributed by atoms with E-state index in [9.17, 15) is 14.4 Å². The Labute approximate surface area is 100 Å². The predicted molar refractivity (Wildman–Crippen MR) is 61.6 cm³/mol. The molecule has 0 saturated carbocycles. The van der Waals surface area contributed by atoms with Gasteiger partial charge in [-0.3, -0.25) is 9.59 Å². The van der Waals surface area contributed by atoms with Gasteiger partial charge in [-0.25, -0.2) is 4.79 Å². The molecule has 3 N–H and O–H groups in total. The Bertz CT molecular complexity index is 293. The number of likely N-dealkylation sites (N-methyl/N-ethyl adjacent to an activating group) is 2. The standard InChI is InChI=1S/C10H19N3O4/c1-4-11-8(14)6-13(5-2)10(17)12-7(3)9(15)16/h7H,4-6H2,1-3H3,(H,11,14)(H,12,17)(H,15,16)/t7-/m0/s1. The molecule has 0 aromatic carbocycles. The summed E-state index contributed by atoms with van der Waals surface area (Å²) >= 11 is 0. The number of urea groups is 1. The van der Waals surface area contributed by atoms with Gasteiger partial charge in [0.05, 0.1) is 0 Å². The van der Waals surface area contributed by atoms with Gasteiger partial charge >= 0.3 is 12.0 Å². The molecule has 0 aliphatic heterocycles. The number of nitrogens with zero attached hydrogens (tertiary/aromatic N) is 1. The molecule has 0 aromatic heterocycles. The van der Waals surface area contributed by atoms with Gasteiger partial charge in [-0.2, -0.15) is 0 Å². The number of carboxylic acid groups (broad SMARTS) is 1. The first-order valence-corrected chi connectivity index (χ1v) is 5.47. The average Bonchev–Trinajstić information content (AvgIpc) is 2.25. The fourth-order valence-corrected chi connectivity index (χ4v) is 1.09. The average molecular weight is 245 g/mol. The molecule has 0 radical (unpaired) electrons. The Morgan fingerprint density at radius 3 is 2.29 bits per heavy atom. The summed E-state index contributed by atoms with van der Waals surface area (Å²) < 4.78 is 0. The third-order valence-corrected chi connectivity index (χ3v) is 2.09. The number of hydrogen-bond donors (Lipinski definition) is 3. The zero-order valence-electron chi connectivity index (χ0n) is 10.3. The number of amides is 3. The van der Waals surface area contributed by atoms with Gasteiger partial charge in [0.15, 0.2) is 0 Å². The van der Waals surface area contributed by atoms with Crippen LogP contribution in [0.1, 0.15) is 20.8 Å². The van der Waals surface area contributed by atoms with Crippen molar-refractivity contribution >= 4 is 17.9 Å². The molecule has 98 valence electrons. The van der Waals surface area contributed by atoms with Gasteiger partial charge in [0.2, 0.25) is 5.91 Å². The minimum absolute atomic E-state index is 0.0808. The van der Waals surface area contributed by atoms with E-state index in [1.165, 1.54) is 11.8 Å². The van der Waals surface area contributed by atoms with Crippen molar-refractivity contribution < 1.29 is 19.5 Å². The molecule has 0 heterocycles. The summed E-state index contributed by atoms with van der Waals surface area (Å²) in [6, 6.07) is -1.54. The molecule has 0 saturated heterocycles. The summed E-state index contributed by atoms with van der Waals surface area (Å²) in [5.41, 5.74) is 0. The first-order chi connectivity index (χ1) is 7.92. The maximum Gasteiger partial charge on any atom is 0.325 e. The van der Waals surface area contributed by atoms with E-state index in [1.807, 2.05) is 0 Å². The number of aliphatic carboxylic acids is 1. The molecule has 3 amide bonds. The molecule has 7 nitrogen and oxygen atoms in total. The number of carbonyl (C=O) groups excluding carboxylic acids is 2. The highest BCUT2D eigenvalue weighted by molar-refractivity contribution is 5.86. The van der Waals surface area contributed by atoms with Gasteiger partial charge in [-0.05, 0) is 20.8 Å². The van der Waals surface area contributed by atoms with Crippen molar-refractivity contribution in [3.05, 3.63) is 0 Å². The van der Waals surface area contributed by atoms with E-state index in [-0.39, 0.29) is 12.5 Å². The monoisotopic (exact) mass is 245 g/mol. The molecule has 0 aromatic rings. The van der Waals surface area contributed by atoms with E-state index < -0.39 is 18.0 Å².